The average molecular weight is 358 g/mol. The number of rotatable bonds is 5. The Kier molecular flexibility index (Phi) is 4.03. The van der Waals surface area contributed by atoms with Crippen molar-refractivity contribution in [1.82, 2.24) is 19.5 Å². The Morgan fingerprint density at radius 3 is 2.88 bits per heavy atom. The van der Waals surface area contributed by atoms with Gasteiger partial charge in [0.1, 0.15) is 12.2 Å². The van der Waals surface area contributed by atoms with Crippen molar-refractivity contribution in [2.75, 3.05) is 18.5 Å². The fraction of sp³-hybridized carbons (Fsp3) is 0.643. The Balaban J connectivity index is 1.69. The highest BCUT2D eigenvalue weighted by atomic mass is 35.5. The summed E-state index contributed by atoms with van der Waals surface area (Å²) in [4.78, 5) is 12.5. The summed E-state index contributed by atoms with van der Waals surface area (Å²) in [5, 5.41) is 22.2. The second kappa shape index (κ2) is 6.07. The zero-order valence-electron chi connectivity index (χ0n) is 12.6. The Bertz CT molecular complexity index is 755. The molecule has 3 N–H and O–H groups in total. The summed E-state index contributed by atoms with van der Waals surface area (Å²) >= 11 is 5.98. The third-order valence-electron chi connectivity index (χ3n) is 4.40. The van der Waals surface area contributed by atoms with E-state index in [9.17, 15) is 9.50 Å². The van der Waals surface area contributed by atoms with Crippen LogP contribution in [0.4, 0.5) is 10.2 Å². The van der Waals surface area contributed by atoms with E-state index in [-0.39, 0.29) is 5.28 Å². The van der Waals surface area contributed by atoms with E-state index >= 15 is 0 Å². The van der Waals surface area contributed by atoms with Gasteiger partial charge in [0.15, 0.2) is 29.4 Å². The predicted octanol–water partition coefficient (Wildman–Crippen LogP) is 0.890. The van der Waals surface area contributed by atoms with Crippen molar-refractivity contribution in [3.05, 3.63) is 11.6 Å². The first-order chi connectivity index (χ1) is 11.6. The number of aliphatic hydroxyl groups excluding tert-OH is 2. The van der Waals surface area contributed by atoms with E-state index in [1.165, 1.54) is 23.7 Å². The number of hydrogen-bond donors (Lipinski definition) is 3. The fourth-order valence-electron chi connectivity index (χ4n) is 2.84. The standard InChI is InChI=1S/C14H17ClFN5O3/c15-14-19-11(17-3-6-1-2-6)9-12(20-14)21(5-18-9)13-8(16)10(23)7(4-22)24-13/h5-8,10,13,22-23H,1-4H2,(H,17,19,20)/t7-,8+,10-,13-/m1/s1. The molecule has 2 aromatic rings. The summed E-state index contributed by atoms with van der Waals surface area (Å²) in [5.74, 6) is 1.12. The largest absolute Gasteiger partial charge is 0.394 e. The molecule has 8 nitrogen and oxygen atoms in total. The molecular weight excluding hydrogens is 341 g/mol. The molecule has 1 aliphatic carbocycles. The summed E-state index contributed by atoms with van der Waals surface area (Å²) in [5.41, 5.74) is 0.768. The van der Waals surface area contributed by atoms with Crippen molar-refractivity contribution in [3.63, 3.8) is 0 Å². The zero-order chi connectivity index (χ0) is 16.8. The van der Waals surface area contributed by atoms with Crippen molar-refractivity contribution < 1.29 is 19.3 Å². The third kappa shape index (κ3) is 2.71. The van der Waals surface area contributed by atoms with Gasteiger partial charge in [-0.2, -0.15) is 9.97 Å². The van der Waals surface area contributed by atoms with E-state index in [2.05, 4.69) is 20.3 Å². The first-order valence-electron chi connectivity index (χ1n) is 7.81. The van der Waals surface area contributed by atoms with E-state index in [1.54, 1.807) is 0 Å². The number of imidazole rings is 1. The highest BCUT2D eigenvalue weighted by Gasteiger charge is 2.45. The molecule has 2 aromatic heterocycles. The van der Waals surface area contributed by atoms with Crippen LogP contribution in [0.5, 0.6) is 0 Å². The number of fused-ring (bicyclic) bond motifs is 1. The van der Waals surface area contributed by atoms with Crippen molar-refractivity contribution in [2.24, 2.45) is 5.92 Å². The normalized spacial score (nSPS) is 30.2. The molecule has 10 heteroatoms. The quantitative estimate of drug-likeness (QED) is 0.682. The first kappa shape index (κ1) is 15.9. The lowest BCUT2D eigenvalue weighted by atomic mass is 10.1. The molecule has 1 saturated heterocycles. The Hall–Kier alpha value is -1.55. The second-order valence-corrected chi connectivity index (χ2v) is 6.51. The van der Waals surface area contributed by atoms with Gasteiger partial charge in [0.05, 0.1) is 12.9 Å². The van der Waals surface area contributed by atoms with Gasteiger partial charge in [-0.1, -0.05) is 0 Å². The molecule has 4 atom stereocenters. The first-order valence-corrected chi connectivity index (χ1v) is 8.18. The van der Waals surface area contributed by atoms with Crippen LogP contribution in [-0.4, -0.2) is 61.3 Å². The van der Waals surface area contributed by atoms with Crippen LogP contribution in [0.2, 0.25) is 5.28 Å². The molecule has 130 valence electrons. The van der Waals surface area contributed by atoms with Crippen LogP contribution in [0.25, 0.3) is 11.2 Å². The summed E-state index contributed by atoms with van der Waals surface area (Å²) in [6, 6.07) is 0. The molecule has 0 amide bonds. The Labute approximate surface area is 141 Å². The number of ether oxygens (including phenoxy) is 1. The van der Waals surface area contributed by atoms with Gasteiger partial charge in [0.2, 0.25) is 5.28 Å². The second-order valence-electron chi connectivity index (χ2n) is 6.17. The van der Waals surface area contributed by atoms with Crippen LogP contribution in [0.15, 0.2) is 6.33 Å². The minimum atomic E-state index is -1.71. The maximum atomic E-state index is 14.3. The molecular formula is C14H17ClFN5O3. The van der Waals surface area contributed by atoms with Gasteiger partial charge in [-0.15, -0.1) is 0 Å². The van der Waals surface area contributed by atoms with E-state index in [0.29, 0.717) is 22.9 Å². The topological polar surface area (TPSA) is 105 Å². The molecule has 1 aliphatic heterocycles. The highest BCUT2D eigenvalue weighted by Crippen LogP contribution is 2.35. The maximum absolute atomic E-state index is 14.3. The molecule has 1 saturated carbocycles. The number of aromatic nitrogens is 4. The maximum Gasteiger partial charge on any atom is 0.226 e. The minimum absolute atomic E-state index is 0.00945. The van der Waals surface area contributed by atoms with E-state index in [4.69, 9.17) is 21.4 Å². The number of alkyl halides is 1. The molecule has 3 heterocycles. The molecule has 4 rings (SSSR count). The van der Waals surface area contributed by atoms with E-state index in [0.717, 1.165) is 6.54 Å². The predicted molar refractivity (Wildman–Crippen MR) is 83.4 cm³/mol. The van der Waals surface area contributed by atoms with Crippen molar-refractivity contribution in [3.8, 4) is 0 Å². The van der Waals surface area contributed by atoms with Gasteiger partial charge in [0.25, 0.3) is 0 Å². The third-order valence-corrected chi connectivity index (χ3v) is 4.57. The number of anilines is 1. The number of hydrogen-bond acceptors (Lipinski definition) is 7. The lowest BCUT2D eigenvalue weighted by molar-refractivity contribution is -0.0459. The van der Waals surface area contributed by atoms with Crippen LogP contribution in [-0.2, 0) is 4.74 Å². The number of nitrogens with zero attached hydrogens (tertiary/aromatic N) is 4. The van der Waals surface area contributed by atoms with Crippen LogP contribution in [0.1, 0.15) is 19.1 Å². The van der Waals surface area contributed by atoms with E-state index in [1.807, 2.05) is 0 Å². The molecule has 0 spiro atoms. The number of nitrogens with one attached hydrogen (secondary N) is 1. The molecule has 0 radical (unpaired) electrons. The lowest BCUT2D eigenvalue weighted by Crippen LogP contribution is -2.30. The van der Waals surface area contributed by atoms with Crippen molar-refractivity contribution in [2.45, 2.75) is 37.4 Å². The molecule has 24 heavy (non-hydrogen) atoms. The Morgan fingerprint density at radius 1 is 1.42 bits per heavy atom. The van der Waals surface area contributed by atoms with E-state index < -0.39 is 31.2 Å². The van der Waals surface area contributed by atoms with Gasteiger partial charge in [0, 0.05) is 6.54 Å². The number of halogens is 2. The number of aliphatic hydroxyl groups is 2. The smallest absolute Gasteiger partial charge is 0.226 e. The van der Waals surface area contributed by atoms with Crippen LogP contribution in [0, 0.1) is 5.92 Å². The van der Waals surface area contributed by atoms with Gasteiger partial charge in [-0.05, 0) is 30.4 Å². The van der Waals surface area contributed by atoms with Crippen LogP contribution in [0.3, 0.4) is 0 Å². The lowest BCUT2D eigenvalue weighted by Gasteiger charge is -2.15. The summed E-state index contributed by atoms with van der Waals surface area (Å²) < 4.78 is 21.1. The van der Waals surface area contributed by atoms with Crippen LogP contribution < -0.4 is 5.32 Å². The molecule has 2 fully saturated rings. The Morgan fingerprint density at radius 2 is 2.21 bits per heavy atom. The summed E-state index contributed by atoms with van der Waals surface area (Å²) in [6.45, 7) is 0.293. The van der Waals surface area contributed by atoms with Gasteiger partial charge in [-0.25, -0.2) is 9.37 Å². The summed E-state index contributed by atoms with van der Waals surface area (Å²) in [6.07, 6.45) is -1.51. The van der Waals surface area contributed by atoms with Crippen molar-refractivity contribution >= 4 is 28.6 Å². The van der Waals surface area contributed by atoms with Gasteiger partial charge in [-0.3, -0.25) is 4.57 Å². The summed E-state index contributed by atoms with van der Waals surface area (Å²) in [7, 11) is 0. The highest BCUT2D eigenvalue weighted by molar-refractivity contribution is 6.28. The van der Waals surface area contributed by atoms with Gasteiger partial charge < -0.3 is 20.3 Å². The molecule has 0 unspecified atom stereocenters. The molecule has 0 aromatic carbocycles. The van der Waals surface area contributed by atoms with Crippen molar-refractivity contribution in [1.29, 1.82) is 0 Å². The fourth-order valence-corrected chi connectivity index (χ4v) is 3.01. The molecule has 2 aliphatic rings. The minimum Gasteiger partial charge on any atom is -0.394 e. The average Bonchev–Trinajstić information content (AvgIpc) is 3.24. The monoisotopic (exact) mass is 357 g/mol. The van der Waals surface area contributed by atoms with Gasteiger partial charge >= 0.3 is 0 Å². The van der Waals surface area contributed by atoms with Crippen LogP contribution >= 0.6 is 11.6 Å². The zero-order valence-corrected chi connectivity index (χ0v) is 13.4. The molecule has 0 bridgehead atoms. The SMILES string of the molecule is OC[C@H]1O[C@@H](n2cnc3c(NCC4CC4)nc(Cl)nc32)[C@@H](F)[C@@H]1O.